The minimum atomic E-state index is -0.219. The van der Waals surface area contributed by atoms with Crippen molar-refractivity contribution in [3.63, 3.8) is 0 Å². The van der Waals surface area contributed by atoms with Crippen molar-refractivity contribution in [2.45, 2.75) is 38.8 Å². The van der Waals surface area contributed by atoms with E-state index in [0.29, 0.717) is 19.8 Å². The molecule has 0 aliphatic carbocycles. The molecule has 0 amide bonds. The van der Waals surface area contributed by atoms with Crippen LogP contribution in [0.5, 0.6) is 0 Å². The Morgan fingerprint density at radius 2 is 2.37 bits per heavy atom. The van der Waals surface area contributed by atoms with Crippen LogP contribution in [0.3, 0.4) is 0 Å². The average Bonchev–Trinajstić information content (AvgIpc) is 3.30. The number of benzene rings is 1. The monoisotopic (exact) mass is 376 g/mol. The second kappa shape index (κ2) is 9.71. The van der Waals surface area contributed by atoms with Crippen molar-refractivity contribution < 1.29 is 13.9 Å². The van der Waals surface area contributed by atoms with E-state index in [1.807, 2.05) is 13.1 Å². The summed E-state index contributed by atoms with van der Waals surface area (Å²) in [6.07, 6.45) is 3.84. The highest BCUT2D eigenvalue weighted by atomic mass is 19.1. The molecule has 1 aromatic heterocycles. The van der Waals surface area contributed by atoms with Gasteiger partial charge in [-0.3, -0.25) is 4.99 Å². The molecule has 2 atom stereocenters. The Labute approximate surface area is 159 Å². The molecule has 0 radical (unpaired) electrons. The third kappa shape index (κ3) is 5.68. The predicted molar refractivity (Wildman–Crippen MR) is 106 cm³/mol. The van der Waals surface area contributed by atoms with Crippen LogP contribution in [-0.4, -0.2) is 56.0 Å². The Bertz CT molecular complexity index is 756. The molecule has 6 nitrogen and oxygen atoms in total. The van der Waals surface area contributed by atoms with Gasteiger partial charge in [0.25, 0.3) is 0 Å². The Hall–Kier alpha value is -2.12. The Balaban J connectivity index is 1.52. The molecule has 148 valence electrons. The first kappa shape index (κ1) is 19.6. The molecule has 1 aromatic carbocycles. The van der Waals surface area contributed by atoms with Gasteiger partial charge >= 0.3 is 0 Å². The average molecular weight is 376 g/mol. The molecule has 1 saturated heterocycles. The molecule has 2 aromatic rings. The number of aromatic nitrogens is 1. The van der Waals surface area contributed by atoms with Crippen LogP contribution in [0, 0.1) is 5.82 Å². The lowest BCUT2D eigenvalue weighted by atomic mass is 10.1. The highest BCUT2D eigenvalue weighted by molar-refractivity contribution is 5.83. The summed E-state index contributed by atoms with van der Waals surface area (Å²) in [5.41, 5.74) is 2.02. The summed E-state index contributed by atoms with van der Waals surface area (Å²) in [4.78, 5) is 7.83. The minimum Gasteiger partial charge on any atom is -0.379 e. The summed E-state index contributed by atoms with van der Waals surface area (Å²) >= 11 is 0. The van der Waals surface area contributed by atoms with E-state index in [4.69, 9.17) is 9.47 Å². The number of nitrogens with one attached hydrogen (secondary N) is 3. The number of nitrogens with zero attached hydrogens (tertiary/aromatic N) is 1. The van der Waals surface area contributed by atoms with E-state index in [-0.39, 0.29) is 18.0 Å². The normalized spacial score (nSPS) is 18.8. The van der Waals surface area contributed by atoms with Gasteiger partial charge in [-0.1, -0.05) is 0 Å². The van der Waals surface area contributed by atoms with Gasteiger partial charge in [-0.2, -0.15) is 0 Å². The van der Waals surface area contributed by atoms with Crippen molar-refractivity contribution >= 4 is 16.9 Å². The number of aliphatic imine (C=N–C) groups is 1. The third-order valence-electron chi connectivity index (χ3n) is 4.58. The Morgan fingerprint density at radius 3 is 3.15 bits per heavy atom. The number of hydrogen-bond donors (Lipinski definition) is 3. The lowest BCUT2D eigenvalue weighted by Gasteiger charge is -2.19. The first-order chi connectivity index (χ1) is 13.2. The van der Waals surface area contributed by atoms with E-state index in [1.165, 1.54) is 6.07 Å². The number of hydrogen-bond acceptors (Lipinski definition) is 3. The van der Waals surface area contributed by atoms with Gasteiger partial charge in [0.15, 0.2) is 5.96 Å². The molecular weight excluding hydrogens is 347 g/mol. The quantitative estimate of drug-likeness (QED) is 0.489. The summed E-state index contributed by atoms with van der Waals surface area (Å²) in [6, 6.07) is 4.95. The zero-order chi connectivity index (χ0) is 19.1. The van der Waals surface area contributed by atoms with Crippen LogP contribution in [0.2, 0.25) is 0 Å². The molecule has 27 heavy (non-hydrogen) atoms. The van der Waals surface area contributed by atoms with Crippen LogP contribution in [0.25, 0.3) is 10.9 Å². The first-order valence-corrected chi connectivity index (χ1v) is 9.65. The van der Waals surface area contributed by atoms with Crippen LogP contribution in [0.4, 0.5) is 4.39 Å². The van der Waals surface area contributed by atoms with Gasteiger partial charge < -0.3 is 25.1 Å². The van der Waals surface area contributed by atoms with Crippen molar-refractivity contribution in [1.29, 1.82) is 0 Å². The molecule has 2 heterocycles. The van der Waals surface area contributed by atoms with E-state index in [0.717, 1.165) is 48.4 Å². The smallest absolute Gasteiger partial charge is 0.191 e. The van der Waals surface area contributed by atoms with Crippen LogP contribution in [0.1, 0.15) is 25.8 Å². The maximum atomic E-state index is 13.5. The molecule has 7 heteroatoms. The van der Waals surface area contributed by atoms with Gasteiger partial charge in [-0.15, -0.1) is 0 Å². The van der Waals surface area contributed by atoms with E-state index in [2.05, 4.69) is 27.5 Å². The van der Waals surface area contributed by atoms with E-state index in [9.17, 15) is 4.39 Å². The molecule has 0 saturated carbocycles. The fourth-order valence-electron chi connectivity index (χ4n) is 3.17. The molecule has 2 unspecified atom stereocenters. The van der Waals surface area contributed by atoms with Gasteiger partial charge in [0.05, 0.1) is 19.3 Å². The van der Waals surface area contributed by atoms with Gasteiger partial charge in [-0.25, -0.2) is 4.39 Å². The summed E-state index contributed by atoms with van der Waals surface area (Å²) < 4.78 is 24.7. The zero-order valence-corrected chi connectivity index (χ0v) is 16.1. The van der Waals surface area contributed by atoms with E-state index < -0.39 is 0 Å². The molecule has 1 aliphatic heterocycles. The topological polar surface area (TPSA) is 70.7 Å². The first-order valence-electron chi connectivity index (χ1n) is 9.65. The number of fused-ring (bicyclic) bond motifs is 1. The van der Waals surface area contributed by atoms with E-state index >= 15 is 0 Å². The summed E-state index contributed by atoms with van der Waals surface area (Å²) in [7, 11) is 0. The summed E-state index contributed by atoms with van der Waals surface area (Å²) in [5, 5.41) is 7.55. The molecule has 0 bridgehead atoms. The summed E-state index contributed by atoms with van der Waals surface area (Å²) in [5.74, 6) is 0.547. The van der Waals surface area contributed by atoms with Crippen LogP contribution >= 0.6 is 0 Å². The van der Waals surface area contributed by atoms with Gasteiger partial charge in [0.1, 0.15) is 5.82 Å². The number of guanidine groups is 1. The molecular formula is C20H29FN4O2. The fourth-order valence-corrected chi connectivity index (χ4v) is 3.17. The van der Waals surface area contributed by atoms with Crippen molar-refractivity contribution in [1.82, 2.24) is 15.6 Å². The van der Waals surface area contributed by atoms with E-state index in [1.54, 1.807) is 12.1 Å². The summed E-state index contributed by atoms with van der Waals surface area (Å²) in [6.45, 7) is 7.60. The Morgan fingerprint density at radius 1 is 1.48 bits per heavy atom. The largest absolute Gasteiger partial charge is 0.379 e. The maximum absolute atomic E-state index is 13.5. The minimum absolute atomic E-state index is 0.144. The lowest BCUT2D eigenvalue weighted by Crippen LogP contribution is -2.44. The van der Waals surface area contributed by atoms with Gasteiger partial charge in [-0.05, 0) is 50.5 Å². The van der Waals surface area contributed by atoms with Crippen LogP contribution in [-0.2, 0) is 15.9 Å². The fraction of sp³-hybridized carbons (Fsp3) is 0.550. The Kier molecular flexibility index (Phi) is 7.06. The lowest BCUT2D eigenvalue weighted by molar-refractivity contribution is 0.0347. The number of H-pyrrole nitrogens is 1. The van der Waals surface area contributed by atoms with Gasteiger partial charge in [0.2, 0.25) is 0 Å². The second-order valence-corrected chi connectivity index (χ2v) is 6.88. The van der Waals surface area contributed by atoms with Crippen molar-refractivity contribution in [3.05, 3.63) is 35.8 Å². The van der Waals surface area contributed by atoms with Gasteiger partial charge in [0, 0.05) is 42.8 Å². The highest BCUT2D eigenvalue weighted by Crippen LogP contribution is 2.19. The third-order valence-corrected chi connectivity index (χ3v) is 4.58. The molecule has 0 spiro atoms. The number of halogens is 1. The predicted octanol–water partition coefficient (Wildman–Crippen LogP) is 2.60. The second-order valence-electron chi connectivity index (χ2n) is 6.88. The maximum Gasteiger partial charge on any atom is 0.191 e. The van der Waals surface area contributed by atoms with Crippen molar-refractivity contribution in [2.75, 3.05) is 32.9 Å². The molecule has 1 fully saturated rings. The molecule has 3 rings (SSSR count). The number of rotatable bonds is 8. The van der Waals surface area contributed by atoms with Crippen molar-refractivity contribution in [3.8, 4) is 0 Å². The molecule has 3 N–H and O–H groups in total. The number of ether oxygens (including phenoxy) is 2. The standard InChI is InChI=1S/C20H29FN4O2/c1-3-22-20(25-14(2)12-27-17-7-9-26-13-17)23-8-6-15-11-24-19-5-4-16(21)10-18(15)19/h4-5,10-11,14,17,24H,3,6-9,12-13H2,1-2H3,(H2,22,23,25). The number of aromatic amines is 1. The van der Waals surface area contributed by atoms with Crippen molar-refractivity contribution in [2.24, 2.45) is 4.99 Å². The van der Waals surface area contributed by atoms with Crippen LogP contribution < -0.4 is 10.6 Å². The van der Waals surface area contributed by atoms with Crippen LogP contribution in [0.15, 0.2) is 29.4 Å². The molecule has 1 aliphatic rings. The highest BCUT2D eigenvalue weighted by Gasteiger charge is 2.17. The SMILES string of the molecule is CCNC(=NCCc1c[nH]c2ccc(F)cc12)NC(C)COC1CCOC1. The zero-order valence-electron chi connectivity index (χ0n) is 16.1.